The first-order chi connectivity index (χ1) is 10.5. The summed E-state index contributed by atoms with van der Waals surface area (Å²) < 4.78 is 16.0. The van der Waals surface area contributed by atoms with E-state index in [-0.39, 0.29) is 22.9 Å². The number of carbonyl (C=O) groups is 1. The van der Waals surface area contributed by atoms with E-state index in [2.05, 4.69) is 25.7 Å². The van der Waals surface area contributed by atoms with Crippen molar-refractivity contribution in [2.45, 2.75) is 0 Å². The van der Waals surface area contributed by atoms with Crippen LogP contribution in [0, 0.1) is 0 Å². The van der Waals surface area contributed by atoms with Gasteiger partial charge in [-0.2, -0.15) is 0 Å². The summed E-state index contributed by atoms with van der Waals surface area (Å²) in [6.45, 7) is 0. The molecule has 0 saturated heterocycles. The standard InChI is InChI=1S/C14H10BrCl2NO4/c1-20-11-6-18-12(5-8(11)14(19)21-2)22-13-9(16)3-7(15)4-10(13)17/h3-6H,1-2H3. The third kappa shape index (κ3) is 3.63. The molecule has 0 fully saturated rings. The zero-order chi connectivity index (χ0) is 16.3. The van der Waals surface area contributed by atoms with Crippen molar-refractivity contribution in [1.29, 1.82) is 0 Å². The second kappa shape index (κ2) is 7.17. The topological polar surface area (TPSA) is 57.7 Å². The van der Waals surface area contributed by atoms with Crippen molar-refractivity contribution in [3.63, 3.8) is 0 Å². The van der Waals surface area contributed by atoms with Gasteiger partial charge in [-0.15, -0.1) is 0 Å². The lowest BCUT2D eigenvalue weighted by molar-refractivity contribution is 0.0596. The maximum absolute atomic E-state index is 11.7. The van der Waals surface area contributed by atoms with Crippen LogP contribution in [0.4, 0.5) is 0 Å². The van der Waals surface area contributed by atoms with Crippen LogP contribution in [0.15, 0.2) is 28.9 Å². The van der Waals surface area contributed by atoms with E-state index in [4.69, 9.17) is 32.7 Å². The first-order valence-electron chi connectivity index (χ1n) is 5.91. The fourth-order valence-corrected chi connectivity index (χ4v) is 2.93. The van der Waals surface area contributed by atoms with E-state index in [9.17, 15) is 4.79 Å². The van der Waals surface area contributed by atoms with E-state index < -0.39 is 5.97 Å². The van der Waals surface area contributed by atoms with Crippen LogP contribution in [0.25, 0.3) is 0 Å². The van der Waals surface area contributed by atoms with Crippen LogP contribution < -0.4 is 9.47 Å². The van der Waals surface area contributed by atoms with Crippen LogP contribution in [-0.4, -0.2) is 25.2 Å². The van der Waals surface area contributed by atoms with E-state index in [0.717, 1.165) is 0 Å². The number of benzene rings is 1. The number of hydrogen-bond donors (Lipinski definition) is 0. The Morgan fingerprint density at radius 1 is 1.18 bits per heavy atom. The van der Waals surface area contributed by atoms with Crippen molar-refractivity contribution in [1.82, 2.24) is 4.98 Å². The molecule has 0 aliphatic rings. The number of esters is 1. The molecule has 0 amide bonds. The van der Waals surface area contributed by atoms with Crippen LogP contribution in [0.3, 0.4) is 0 Å². The molecule has 22 heavy (non-hydrogen) atoms. The van der Waals surface area contributed by atoms with Crippen LogP contribution in [-0.2, 0) is 4.74 Å². The number of nitrogens with zero attached hydrogens (tertiary/aromatic N) is 1. The molecule has 0 N–H and O–H groups in total. The van der Waals surface area contributed by atoms with Gasteiger partial charge in [-0.1, -0.05) is 39.1 Å². The zero-order valence-corrected chi connectivity index (χ0v) is 14.6. The van der Waals surface area contributed by atoms with Crippen LogP contribution in [0.2, 0.25) is 10.0 Å². The smallest absolute Gasteiger partial charge is 0.341 e. The third-order valence-corrected chi connectivity index (χ3v) is 3.66. The van der Waals surface area contributed by atoms with Crippen molar-refractivity contribution in [3.05, 3.63) is 44.5 Å². The largest absolute Gasteiger partial charge is 0.494 e. The number of aromatic nitrogens is 1. The fourth-order valence-electron chi connectivity index (χ4n) is 1.64. The van der Waals surface area contributed by atoms with E-state index in [1.165, 1.54) is 26.5 Å². The number of carbonyl (C=O) groups excluding carboxylic acids is 1. The molecular weight excluding hydrogens is 397 g/mol. The molecule has 1 aromatic carbocycles. The number of rotatable bonds is 4. The third-order valence-electron chi connectivity index (χ3n) is 2.64. The molecule has 0 radical (unpaired) electrons. The van der Waals surface area contributed by atoms with Gasteiger partial charge in [-0.3, -0.25) is 0 Å². The number of methoxy groups -OCH3 is 2. The molecule has 5 nitrogen and oxygen atoms in total. The lowest BCUT2D eigenvalue weighted by Gasteiger charge is -2.11. The Morgan fingerprint density at radius 2 is 1.82 bits per heavy atom. The summed E-state index contributed by atoms with van der Waals surface area (Å²) in [5.74, 6) is 0.0663. The fraction of sp³-hybridized carbons (Fsp3) is 0.143. The zero-order valence-electron chi connectivity index (χ0n) is 11.5. The van der Waals surface area contributed by atoms with Gasteiger partial charge in [0, 0.05) is 10.5 Å². The van der Waals surface area contributed by atoms with Crippen LogP contribution in [0.5, 0.6) is 17.4 Å². The summed E-state index contributed by atoms with van der Waals surface area (Å²) in [7, 11) is 2.69. The average molecular weight is 407 g/mol. The Balaban J connectivity index is 2.41. The highest BCUT2D eigenvalue weighted by molar-refractivity contribution is 9.10. The maximum atomic E-state index is 11.7. The van der Waals surface area contributed by atoms with Gasteiger partial charge < -0.3 is 14.2 Å². The summed E-state index contributed by atoms with van der Waals surface area (Å²) in [5, 5.41) is 0.605. The monoisotopic (exact) mass is 405 g/mol. The second-order valence-corrected chi connectivity index (χ2v) is 5.75. The Labute approximate surface area is 145 Å². The summed E-state index contributed by atoms with van der Waals surface area (Å²) >= 11 is 15.5. The molecule has 0 aliphatic carbocycles. The van der Waals surface area contributed by atoms with Crippen LogP contribution >= 0.6 is 39.1 Å². The van der Waals surface area contributed by atoms with Crippen molar-refractivity contribution >= 4 is 45.1 Å². The molecular formula is C14H10BrCl2NO4. The molecule has 1 heterocycles. The van der Waals surface area contributed by atoms with Gasteiger partial charge in [0.05, 0.1) is 30.5 Å². The Hall–Kier alpha value is -1.50. The molecule has 0 saturated carbocycles. The first kappa shape index (κ1) is 16.9. The maximum Gasteiger partial charge on any atom is 0.341 e. The highest BCUT2D eigenvalue weighted by atomic mass is 79.9. The molecule has 0 spiro atoms. The summed E-state index contributed by atoms with van der Waals surface area (Å²) in [5.41, 5.74) is 0.180. The average Bonchev–Trinajstić information content (AvgIpc) is 2.49. The molecule has 8 heteroatoms. The number of pyridine rings is 1. The normalized spacial score (nSPS) is 10.2. The lowest BCUT2D eigenvalue weighted by Crippen LogP contribution is -2.05. The van der Waals surface area contributed by atoms with Crippen molar-refractivity contribution in [3.8, 4) is 17.4 Å². The predicted molar refractivity (Wildman–Crippen MR) is 86.4 cm³/mol. The van der Waals surface area contributed by atoms with E-state index >= 15 is 0 Å². The molecule has 2 rings (SSSR count). The van der Waals surface area contributed by atoms with Crippen molar-refractivity contribution in [2.24, 2.45) is 0 Å². The number of halogens is 3. The second-order valence-electron chi connectivity index (χ2n) is 4.02. The molecule has 116 valence electrons. The lowest BCUT2D eigenvalue weighted by atomic mass is 10.2. The van der Waals surface area contributed by atoms with Crippen molar-refractivity contribution in [2.75, 3.05) is 14.2 Å². The molecule has 0 unspecified atom stereocenters. The van der Waals surface area contributed by atoms with E-state index in [0.29, 0.717) is 14.5 Å². The van der Waals surface area contributed by atoms with Gasteiger partial charge >= 0.3 is 5.97 Å². The highest BCUT2D eigenvalue weighted by Gasteiger charge is 2.17. The molecule has 0 atom stereocenters. The molecule has 0 bridgehead atoms. The van der Waals surface area contributed by atoms with Gasteiger partial charge in [0.1, 0.15) is 5.56 Å². The minimum Gasteiger partial charge on any atom is -0.494 e. The minimum absolute atomic E-state index is 0.132. The van der Waals surface area contributed by atoms with Gasteiger partial charge in [-0.05, 0) is 12.1 Å². The van der Waals surface area contributed by atoms with Gasteiger partial charge in [0.15, 0.2) is 11.5 Å². The molecule has 1 aromatic heterocycles. The van der Waals surface area contributed by atoms with E-state index in [1.807, 2.05) is 0 Å². The number of ether oxygens (including phenoxy) is 3. The SMILES string of the molecule is COC(=O)c1cc(Oc2c(Cl)cc(Br)cc2Cl)ncc1OC. The summed E-state index contributed by atoms with van der Waals surface area (Å²) in [4.78, 5) is 15.8. The minimum atomic E-state index is -0.572. The first-order valence-corrected chi connectivity index (χ1v) is 7.46. The van der Waals surface area contributed by atoms with E-state index in [1.54, 1.807) is 12.1 Å². The number of hydrogen-bond acceptors (Lipinski definition) is 5. The quantitative estimate of drug-likeness (QED) is 0.686. The predicted octanol–water partition coefficient (Wildman–Crippen LogP) is 4.74. The van der Waals surface area contributed by atoms with Crippen LogP contribution in [0.1, 0.15) is 10.4 Å². The van der Waals surface area contributed by atoms with Gasteiger partial charge in [-0.25, -0.2) is 9.78 Å². The van der Waals surface area contributed by atoms with Crippen molar-refractivity contribution < 1.29 is 19.0 Å². The van der Waals surface area contributed by atoms with Gasteiger partial charge in [0.2, 0.25) is 5.88 Å². The summed E-state index contributed by atoms with van der Waals surface area (Å²) in [6, 6.07) is 4.65. The highest BCUT2D eigenvalue weighted by Crippen LogP contribution is 2.38. The molecule has 0 aliphatic heterocycles. The summed E-state index contributed by atoms with van der Waals surface area (Å²) in [6.07, 6.45) is 1.35. The van der Waals surface area contributed by atoms with Gasteiger partial charge in [0.25, 0.3) is 0 Å². The Kier molecular flexibility index (Phi) is 5.50. The molecule has 2 aromatic rings. The Morgan fingerprint density at radius 3 is 2.36 bits per heavy atom. The Bertz CT molecular complexity index is 701.